The zero-order chi connectivity index (χ0) is 20.8. The molecule has 0 bridgehead atoms. The number of carbonyl (C=O) groups excluding carboxylic acids is 1. The van der Waals surface area contributed by atoms with Crippen LogP contribution >= 0.6 is 0 Å². The van der Waals surface area contributed by atoms with Gasteiger partial charge in [0.2, 0.25) is 0 Å². The fourth-order valence-electron chi connectivity index (χ4n) is 3.96. The second-order valence-corrected chi connectivity index (χ2v) is 7.59. The van der Waals surface area contributed by atoms with Crippen molar-refractivity contribution in [1.82, 2.24) is 0 Å². The molecule has 1 aromatic heterocycles. The van der Waals surface area contributed by atoms with Gasteiger partial charge < -0.3 is 14.4 Å². The summed E-state index contributed by atoms with van der Waals surface area (Å²) in [6.45, 7) is 4.25. The standard InChI is InChI=1S/C24H21NO4/c1-24(2)16-10-5-6-11-17(16)25(3)20(24)14-8-12-18(26)21-22(27)15-9-4-7-13-19(15)29-23(21)28/h4-14,27H,1-3H3/b12-8+,20-14-. The van der Waals surface area contributed by atoms with Crippen molar-refractivity contribution < 1.29 is 14.3 Å². The zero-order valence-corrected chi connectivity index (χ0v) is 16.5. The minimum absolute atomic E-state index is 0.219. The van der Waals surface area contributed by atoms with E-state index in [0.717, 1.165) is 11.4 Å². The number of nitrogens with zero attached hydrogens (tertiary/aromatic N) is 1. The van der Waals surface area contributed by atoms with E-state index < -0.39 is 11.4 Å². The first-order valence-electron chi connectivity index (χ1n) is 9.33. The average Bonchev–Trinajstić information content (AvgIpc) is 2.89. The number of para-hydroxylation sites is 2. The smallest absolute Gasteiger partial charge is 0.351 e. The van der Waals surface area contributed by atoms with Gasteiger partial charge >= 0.3 is 5.63 Å². The van der Waals surface area contributed by atoms with Gasteiger partial charge in [-0.3, -0.25) is 4.79 Å². The largest absolute Gasteiger partial charge is 0.506 e. The molecule has 0 spiro atoms. The summed E-state index contributed by atoms with van der Waals surface area (Å²) in [5.74, 6) is -0.959. The number of likely N-dealkylation sites (N-methyl/N-ethyl adjacent to an activating group) is 1. The number of aromatic hydroxyl groups is 1. The molecule has 0 saturated carbocycles. The number of hydrogen-bond acceptors (Lipinski definition) is 5. The lowest BCUT2D eigenvalue weighted by Crippen LogP contribution is -2.22. The third kappa shape index (κ3) is 2.95. The lowest BCUT2D eigenvalue weighted by molar-refractivity contribution is 0.104. The molecule has 2 heterocycles. The highest BCUT2D eigenvalue weighted by Gasteiger charge is 2.37. The third-order valence-corrected chi connectivity index (χ3v) is 5.47. The second kappa shape index (κ2) is 6.78. The van der Waals surface area contributed by atoms with Crippen LogP contribution < -0.4 is 10.5 Å². The SMILES string of the molecule is CN1/C(=C\C=C\C(=O)c2c(O)c3ccccc3oc2=O)C(C)(C)c2ccccc21. The van der Waals surface area contributed by atoms with Gasteiger partial charge in [0.1, 0.15) is 16.9 Å². The van der Waals surface area contributed by atoms with Gasteiger partial charge in [-0.25, -0.2) is 4.79 Å². The molecular formula is C24H21NO4. The van der Waals surface area contributed by atoms with Crippen LogP contribution in [0.5, 0.6) is 5.75 Å². The lowest BCUT2D eigenvalue weighted by atomic mass is 9.84. The molecule has 5 heteroatoms. The normalized spacial score (nSPS) is 16.7. The average molecular weight is 387 g/mol. The van der Waals surface area contributed by atoms with E-state index in [9.17, 15) is 14.7 Å². The number of hydrogen-bond donors (Lipinski definition) is 1. The molecule has 3 aromatic rings. The predicted octanol–water partition coefficient (Wildman–Crippen LogP) is 4.55. The quantitative estimate of drug-likeness (QED) is 0.406. The maximum Gasteiger partial charge on any atom is 0.351 e. The zero-order valence-electron chi connectivity index (χ0n) is 16.5. The summed E-state index contributed by atoms with van der Waals surface area (Å²) in [6, 6.07) is 14.7. The van der Waals surface area contributed by atoms with E-state index in [-0.39, 0.29) is 22.3 Å². The van der Waals surface area contributed by atoms with Crippen molar-refractivity contribution in [2.75, 3.05) is 11.9 Å². The molecule has 5 nitrogen and oxygen atoms in total. The van der Waals surface area contributed by atoms with Gasteiger partial charge in [-0.05, 0) is 35.9 Å². The summed E-state index contributed by atoms with van der Waals surface area (Å²) < 4.78 is 5.17. The van der Waals surface area contributed by atoms with Crippen molar-refractivity contribution >= 4 is 22.4 Å². The first-order chi connectivity index (χ1) is 13.8. The molecule has 0 unspecified atom stereocenters. The van der Waals surface area contributed by atoms with Crippen molar-refractivity contribution in [1.29, 1.82) is 0 Å². The number of allylic oxidation sites excluding steroid dienone is 4. The van der Waals surface area contributed by atoms with Crippen LogP contribution in [0.1, 0.15) is 29.8 Å². The van der Waals surface area contributed by atoms with E-state index in [1.807, 2.05) is 25.3 Å². The molecule has 0 radical (unpaired) electrons. The van der Waals surface area contributed by atoms with E-state index in [1.54, 1.807) is 30.3 Å². The number of benzene rings is 2. The van der Waals surface area contributed by atoms with E-state index in [1.165, 1.54) is 11.6 Å². The van der Waals surface area contributed by atoms with Crippen LogP contribution in [0.3, 0.4) is 0 Å². The molecular weight excluding hydrogens is 366 g/mol. The molecule has 4 rings (SSSR count). The topological polar surface area (TPSA) is 70.8 Å². The Morgan fingerprint density at radius 1 is 1.10 bits per heavy atom. The van der Waals surface area contributed by atoms with Gasteiger partial charge in [0.05, 0.1) is 5.39 Å². The first-order valence-corrected chi connectivity index (χ1v) is 9.33. The number of fused-ring (bicyclic) bond motifs is 2. The van der Waals surface area contributed by atoms with E-state index >= 15 is 0 Å². The highest BCUT2D eigenvalue weighted by Crippen LogP contribution is 2.46. The number of carbonyl (C=O) groups is 1. The van der Waals surface area contributed by atoms with Crippen molar-refractivity contribution in [3.05, 3.63) is 94.0 Å². The maximum atomic E-state index is 12.6. The summed E-state index contributed by atoms with van der Waals surface area (Å²) >= 11 is 0. The molecule has 0 amide bonds. The molecule has 146 valence electrons. The van der Waals surface area contributed by atoms with Gasteiger partial charge in [0, 0.05) is 23.8 Å². The summed E-state index contributed by atoms with van der Waals surface area (Å²) in [5.41, 5.74) is 2.16. The van der Waals surface area contributed by atoms with Gasteiger partial charge in [0.15, 0.2) is 5.78 Å². The van der Waals surface area contributed by atoms with E-state index in [0.29, 0.717) is 5.39 Å². The Bertz CT molecular complexity index is 1250. The lowest BCUT2D eigenvalue weighted by Gasteiger charge is -2.23. The molecule has 0 fully saturated rings. The van der Waals surface area contributed by atoms with Crippen molar-refractivity contribution in [3.63, 3.8) is 0 Å². The molecule has 29 heavy (non-hydrogen) atoms. The van der Waals surface area contributed by atoms with E-state index in [4.69, 9.17) is 4.42 Å². The van der Waals surface area contributed by atoms with Gasteiger partial charge in [0.25, 0.3) is 0 Å². The number of rotatable bonds is 3. The van der Waals surface area contributed by atoms with Crippen LogP contribution in [0.15, 0.2) is 81.7 Å². The Morgan fingerprint density at radius 3 is 2.55 bits per heavy atom. The Hall–Kier alpha value is -3.60. The Labute approximate surface area is 168 Å². The molecule has 1 aliphatic rings. The van der Waals surface area contributed by atoms with Gasteiger partial charge in [-0.15, -0.1) is 0 Å². The summed E-state index contributed by atoms with van der Waals surface area (Å²) in [4.78, 5) is 26.9. The molecule has 2 aromatic carbocycles. The van der Waals surface area contributed by atoms with Crippen LogP contribution in [0, 0.1) is 0 Å². The fraction of sp³-hybridized carbons (Fsp3) is 0.167. The first kappa shape index (κ1) is 18.7. The Kier molecular flexibility index (Phi) is 4.38. The predicted molar refractivity (Wildman–Crippen MR) is 114 cm³/mol. The number of anilines is 1. The minimum Gasteiger partial charge on any atom is -0.506 e. The van der Waals surface area contributed by atoms with Crippen molar-refractivity contribution in [2.45, 2.75) is 19.3 Å². The van der Waals surface area contributed by atoms with Crippen LogP contribution in [-0.2, 0) is 5.41 Å². The maximum absolute atomic E-state index is 12.6. The van der Waals surface area contributed by atoms with Crippen molar-refractivity contribution in [3.8, 4) is 5.75 Å². The highest BCUT2D eigenvalue weighted by molar-refractivity contribution is 6.09. The van der Waals surface area contributed by atoms with Crippen LogP contribution in [0.2, 0.25) is 0 Å². The van der Waals surface area contributed by atoms with Crippen LogP contribution in [0.25, 0.3) is 11.0 Å². The molecule has 1 aliphatic heterocycles. The highest BCUT2D eigenvalue weighted by atomic mass is 16.4. The van der Waals surface area contributed by atoms with Crippen LogP contribution in [0.4, 0.5) is 5.69 Å². The summed E-state index contributed by atoms with van der Waals surface area (Å²) in [7, 11) is 1.98. The van der Waals surface area contributed by atoms with E-state index in [2.05, 4.69) is 30.9 Å². The molecule has 1 N–H and O–H groups in total. The summed E-state index contributed by atoms with van der Waals surface area (Å²) in [5, 5.41) is 10.7. The fourth-order valence-corrected chi connectivity index (χ4v) is 3.96. The molecule has 0 atom stereocenters. The minimum atomic E-state index is -0.853. The Balaban J connectivity index is 1.68. The van der Waals surface area contributed by atoms with Gasteiger partial charge in [-0.2, -0.15) is 0 Å². The van der Waals surface area contributed by atoms with Gasteiger partial charge in [-0.1, -0.05) is 50.3 Å². The number of ketones is 1. The molecule has 0 saturated heterocycles. The summed E-state index contributed by atoms with van der Waals surface area (Å²) in [6.07, 6.45) is 4.74. The van der Waals surface area contributed by atoms with Crippen LogP contribution in [-0.4, -0.2) is 17.9 Å². The second-order valence-electron chi connectivity index (χ2n) is 7.59. The molecule has 0 aliphatic carbocycles. The van der Waals surface area contributed by atoms with Crippen molar-refractivity contribution in [2.24, 2.45) is 0 Å². The third-order valence-electron chi connectivity index (χ3n) is 5.47. The Morgan fingerprint density at radius 2 is 1.79 bits per heavy atom. The monoisotopic (exact) mass is 387 g/mol.